The van der Waals surface area contributed by atoms with Gasteiger partial charge in [0.15, 0.2) is 0 Å². The lowest BCUT2D eigenvalue weighted by Crippen LogP contribution is -2.47. The fraction of sp³-hybridized carbons (Fsp3) is 0.562. The van der Waals surface area contributed by atoms with E-state index in [4.69, 9.17) is 5.14 Å². The van der Waals surface area contributed by atoms with Crippen molar-refractivity contribution in [2.24, 2.45) is 5.14 Å². The largest absolute Gasteiger partial charge is 0.308 e. The van der Waals surface area contributed by atoms with Crippen molar-refractivity contribution in [2.45, 2.75) is 57.0 Å². The molecule has 2 rings (SSSR count). The highest BCUT2D eigenvalue weighted by atomic mass is 32.2. The first-order valence-electron chi connectivity index (χ1n) is 7.78. The summed E-state index contributed by atoms with van der Waals surface area (Å²) < 4.78 is 22.9. The third-order valence-electron chi connectivity index (χ3n) is 4.47. The van der Waals surface area contributed by atoms with E-state index >= 15 is 0 Å². The normalized spacial score (nSPS) is 18.1. The molecule has 1 aliphatic heterocycles. The molecule has 7 heteroatoms. The lowest BCUT2D eigenvalue weighted by atomic mass is 10.0. The van der Waals surface area contributed by atoms with E-state index in [1.165, 1.54) is 6.07 Å². The summed E-state index contributed by atoms with van der Waals surface area (Å²) in [6.07, 6.45) is 1.55. The molecule has 0 radical (unpaired) electrons. The zero-order valence-corrected chi connectivity index (χ0v) is 14.9. The molecule has 0 bridgehead atoms. The molecule has 0 unspecified atom stereocenters. The van der Waals surface area contributed by atoms with Crippen molar-refractivity contribution in [1.82, 2.24) is 5.32 Å². The molecule has 0 aliphatic carbocycles. The molecule has 1 aliphatic rings. The Bertz CT molecular complexity index is 713. The number of rotatable bonds is 5. The number of carbonyl (C=O) groups is 1. The first-order chi connectivity index (χ1) is 10.5. The Morgan fingerprint density at radius 3 is 2.65 bits per heavy atom. The van der Waals surface area contributed by atoms with Gasteiger partial charge in [-0.15, -0.1) is 0 Å². The van der Waals surface area contributed by atoms with Crippen LogP contribution in [0.5, 0.6) is 0 Å². The van der Waals surface area contributed by atoms with Gasteiger partial charge < -0.3 is 10.2 Å². The smallest absolute Gasteiger partial charge is 0.241 e. The highest BCUT2D eigenvalue weighted by molar-refractivity contribution is 7.89. The van der Waals surface area contributed by atoms with Gasteiger partial charge in [-0.1, -0.05) is 6.92 Å². The van der Waals surface area contributed by atoms with Crippen molar-refractivity contribution in [3.8, 4) is 0 Å². The van der Waals surface area contributed by atoms with Crippen LogP contribution in [0.4, 0.5) is 5.69 Å². The second-order valence-electron chi connectivity index (χ2n) is 6.74. The molecule has 1 atom stereocenters. The van der Waals surface area contributed by atoms with Crippen LogP contribution in [0.2, 0.25) is 0 Å². The highest BCUT2D eigenvalue weighted by Crippen LogP contribution is 2.33. The van der Waals surface area contributed by atoms with Crippen LogP contribution in [-0.4, -0.2) is 32.5 Å². The summed E-state index contributed by atoms with van der Waals surface area (Å²) >= 11 is 0. The second-order valence-corrected chi connectivity index (χ2v) is 8.30. The number of primary sulfonamides is 1. The van der Waals surface area contributed by atoms with Crippen molar-refractivity contribution < 1.29 is 13.2 Å². The summed E-state index contributed by atoms with van der Waals surface area (Å²) in [6, 6.07) is 4.69. The van der Waals surface area contributed by atoms with Gasteiger partial charge in [0.1, 0.15) is 0 Å². The minimum atomic E-state index is -3.73. The summed E-state index contributed by atoms with van der Waals surface area (Å²) in [4.78, 5) is 14.4. The number of hydrogen-bond acceptors (Lipinski definition) is 4. The predicted molar refractivity (Wildman–Crippen MR) is 90.8 cm³/mol. The molecule has 0 saturated carbocycles. The standard InChI is InChI=1S/C16H25N3O3S/c1-5-16(3,4)18-10-15(20)19-11(2)8-12-9-13(23(17,21)22)6-7-14(12)19/h6-7,9,11,18H,5,8,10H2,1-4H3,(H2,17,21,22)/t11-/m0/s1. The van der Waals surface area contributed by atoms with Crippen molar-refractivity contribution in [3.05, 3.63) is 23.8 Å². The van der Waals surface area contributed by atoms with Gasteiger partial charge in [-0.25, -0.2) is 13.6 Å². The Morgan fingerprint density at radius 1 is 1.43 bits per heavy atom. The molecule has 128 valence electrons. The van der Waals surface area contributed by atoms with Crippen molar-refractivity contribution in [2.75, 3.05) is 11.4 Å². The van der Waals surface area contributed by atoms with Crippen molar-refractivity contribution in [3.63, 3.8) is 0 Å². The average Bonchev–Trinajstić information content (AvgIpc) is 2.79. The van der Waals surface area contributed by atoms with Gasteiger partial charge in [0.2, 0.25) is 15.9 Å². The number of sulfonamides is 1. The van der Waals surface area contributed by atoms with Crippen LogP contribution < -0.4 is 15.4 Å². The van der Waals surface area contributed by atoms with Gasteiger partial charge in [-0.2, -0.15) is 0 Å². The van der Waals surface area contributed by atoms with Gasteiger partial charge in [-0.3, -0.25) is 4.79 Å². The third-order valence-corrected chi connectivity index (χ3v) is 5.38. The zero-order chi connectivity index (χ0) is 17.4. The summed E-state index contributed by atoms with van der Waals surface area (Å²) in [6.45, 7) is 8.39. The Morgan fingerprint density at radius 2 is 2.09 bits per heavy atom. The Balaban J connectivity index is 2.22. The summed E-state index contributed by atoms with van der Waals surface area (Å²) in [5, 5.41) is 8.44. The van der Waals surface area contributed by atoms with Crippen LogP contribution in [0.25, 0.3) is 0 Å². The highest BCUT2D eigenvalue weighted by Gasteiger charge is 2.32. The number of fused-ring (bicyclic) bond motifs is 1. The lowest BCUT2D eigenvalue weighted by Gasteiger charge is -2.28. The summed E-state index contributed by atoms with van der Waals surface area (Å²) in [5.41, 5.74) is 1.51. The molecule has 6 nitrogen and oxygen atoms in total. The molecule has 1 aromatic carbocycles. The number of nitrogens with zero attached hydrogens (tertiary/aromatic N) is 1. The van der Waals surface area contributed by atoms with E-state index in [-0.39, 0.29) is 28.9 Å². The Hall–Kier alpha value is -1.44. The first-order valence-corrected chi connectivity index (χ1v) is 9.32. The molecule has 0 saturated heterocycles. The SMILES string of the molecule is CCC(C)(C)NCC(=O)N1c2ccc(S(N)(=O)=O)cc2C[C@@H]1C. The number of carbonyl (C=O) groups excluding carboxylic acids is 1. The van der Waals surface area contributed by atoms with Crippen LogP contribution in [0, 0.1) is 0 Å². The van der Waals surface area contributed by atoms with E-state index in [1.54, 1.807) is 17.0 Å². The van der Waals surface area contributed by atoms with E-state index in [0.29, 0.717) is 6.42 Å². The molecular weight excluding hydrogens is 314 g/mol. The maximum absolute atomic E-state index is 12.6. The van der Waals surface area contributed by atoms with Crippen LogP contribution >= 0.6 is 0 Å². The molecule has 3 N–H and O–H groups in total. The molecule has 1 aromatic rings. The van der Waals surface area contributed by atoms with E-state index in [9.17, 15) is 13.2 Å². The van der Waals surface area contributed by atoms with E-state index in [0.717, 1.165) is 17.7 Å². The van der Waals surface area contributed by atoms with Gasteiger partial charge in [-0.05, 0) is 57.4 Å². The van der Waals surface area contributed by atoms with E-state index < -0.39 is 10.0 Å². The Kier molecular flexibility index (Phi) is 4.84. The topological polar surface area (TPSA) is 92.5 Å². The maximum atomic E-state index is 12.6. The van der Waals surface area contributed by atoms with Crippen LogP contribution in [0.1, 0.15) is 39.7 Å². The van der Waals surface area contributed by atoms with Gasteiger partial charge >= 0.3 is 0 Å². The molecule has 23 heavy (non-hydrogen) atoms. The minimum Gasteiger partial charge on any atom is -0.308 e. The second kappa shape index (κ2) is 6.22. The quantitative estimate of drug-likeness (QED) is 0.848. The van der Waals surface area contributed by atoms with Gasteiger partial charge in [0.05, 0.1) is 11.4 Å². The van der Waals surface area contributed by atoms with Crippen molar-refractivity contribution >= 4 is 21.6 Å². The zero-order valence-electron chi connectivity index (χ0n) is 14.1. The van der Waals surface area contributed by atoms with Gasteiger partial charge in [0.25, 0.3) is 0 Å². The monoisotopic (exact) mass is 339 g/mol. The average molecular weight is 339 g/mol. The molecule has 0 aromatic heterocycles. The van der Waals surface area contributed by atoms with Crippen molar-refractivity contribution in [1.29, 1.82) is 0 Å². The lowest BCUT2D eigenvalue weighted by molar-refractivity contribution is -0.118. The number of amides is 1. The van der Waals surface area contributed by atoms with E-state index in [1.807, 2.05) is 6.92 Å². The number of benzene rings is 1. The minimum absolute atomic E-state index is 0.000215. The maximum Gasteiger partial charge on any atom is 0.241 e. The first kappa shape index (κ1) is 17.9. The molecule has 1 heterocycles. The predicted octanol–water partition coefficient (Wildman–Crippen LogP) is 1.39. The molecule has 1 amide bonds. The number of hydrogen-bond donors (Lipinski definition) is 2. The number of nitrogens with two attached hydrogens (primary N) is 1. The fourth-order valence-electron chi connectivity index (χ4n) is 2.69. The molecule has 0 spiro atoms. The molecule has 0 fully saturated rings. The number of anilines is 1. The van der Waals surface area contributed by atoms with Gasteiger partial charge in [0, 0.05) is 17.3 Å². The van der Waals surface area contributed by atoms with Crippen LogP contribution in [-0.2, 0) is 21.2 Å². The third kappa shape index (κ3) is 3.91. The summed E-state index contributed by atoms with van der Waals surface area (Å²) in [7, 11) is -3.73. The summed E-state index contributed by atoms with van der Waals surface area (Å²) in [5.74, 6) is -0.0128. The van der Waals surface area contributed by atoms with Crippen LogP contribution in [0.3, 0.4) is 0 Å². The molecular formula is C16H25N3O3S. The fourth-order valence-corrected chi connectivity index (χ4v) is 3.25. The number of nitrogens with one attached hydrogen (secondary N) is 1. The van der Waals surface area contributed by atoms with E-state index in [2.05, 4.69) is 26.1 Å². The van der Waals surface area contributed by atoms with Crippen LogP contribution in [0.15, 0.2) is 23.1 Å². The Labute approximate surface area is 138 Å².